The van der Waals surface area contributed by atoms with Crippen LogP contribution in [0.5, 0.6) is 0 Å². The van der Waals surface area contributed by atoms with E-state index in [1.54, 1.807) is 0 Å². The van der Waals surface area contributed by atoms with Gasteiger partial charge in [-0.3, -0.25) is 19.3 Å². The number of amides is 3. The molecule has 1 atom stereocenters. The van der Waals surface area contributed by atoms with Gasteiger partial charge in [0.25, 0.3) is 0 Å². The van der Waals surface area contributed by atoms with Crippen molar-refractivity contribution in [3.63, 3.8) is 0 Å². The fraction of sp³-hybridized carbons (Fsp3) is 0.750. The summed E-state index contributed by atoms with van der Waals surface area (Å²) < 4.78 is 0. The zero-order valence-corrected chi connectivity index (χ0v) is 10.1. The fourth-order valence-electron chi connectivity index (χ4n) is 2.13. The van der Waals surface area contributed by atoms with E-state index < -0.39 is 0 Å². The third-order valence-corrected chi connectivity index (χ3v) is 3.44. The summed E-state index contributed by atoms with van der Waals surface area (Å²) in [6, 6.07) is 0.215. The Morgan fingerprint density at radius 1 is 1.35 bits per heavy atom. The molecule has 2 rings (SSSR count). The van der Waals surface area contributed by atoms with Crippen molar-refractivity contribution >= 4 is 17.7 Å². The van der Waals surface area contributed by atoms with E-state index in [0.29, 0.717) is 18.8 Å². The van der Waals surface area contributed by atoms with Crippen LogP contribution in [0.2, 0.25) is 0 Å². The van der Waals surface area contributed by atoms with Crippen LogP contribution in [0, 0.1) is 5.92 Å². The van der Waals surface area contributed by atoms with E-state index in [2.05, 4.69) is 5.32 Å². The Balaban J connectivity index is 1.71. The van der Waals surface area contributed by atoms with Gasteiger partial charge in [-0.25, -0.2) is 0 Å². The SMILES string of the molecule is CC(NC(=O)CCN1C(=O)CCC1=O)C1CC1. The van der Waals surface area contributed by atoms with Gasteiger partial charge in [0.15, 0.2) is 0 Å². The molecule has 3 amide bonds. The first-order chi connectivity index (χ1) is 8.08. The summed E-state index contributed by atoms with van der Waals surface area (Å²) in [5, 5.41) is 2.91. The smallest absolute Gasteiger partial charge is 0.229 e. The van der Waals surface area contributed by atoms with Gasteiger partial charge in [-0.1, -0.05) is 0 Å². The number of likely N-dealkylation sites (tertiary alicyclic amines) is 1. The summed E-state index contributed by atoms with van der Waals surface area (Å²) in [5.74, 6) is 0.238. The summed E-state index contributed by atoms with van der Waals surface area (Å²) in [6.07, 6.45) is 3.17. The first-order valence-corrected chi connectivity index (χ1v) is 6.20. The predicted molar refractivity (Wildman–Crippen MR) is 60.9 cm³/mol. The van der Waals surface area contributed by atoms with Crippen LogP contribution in [-0.4, -0.2) is 35.2 Å². The van der Waals surface area contributed by atoms with Crippen molar-refractivity contribution in [2.24, 2.45) is 5.92 Å². The van der Waals surface area contributed by atoms with E-state index in [1.807, 2.05) is 6.92 Å². The molecule has 1 unspecified atom stereocenters. The van der Waals surface area contributed by atoms with Crippen molar-refractivity contribution in [2.45, 2.75) is 45.1 Å². The summed E-state index contributed by atoms with van der Waals surface area (Å²) in [5.41, 5.74) is 0. The molecule has 17 heavy (non-hydrogen) atoms. The van der Waals surface area contributed by atoms with Crippen molar-refractivity contribution in [1.82, 2.24) is 10.2 Å². The minimum Gasteiger partial charge on any atom is -0.353 e. The Morgan fingerprint density at radius 3 is 2.47 bits per heavy atom. The van der Waals surface area contributed by atoms with Gasteiger partial charge in [0.2, 0.25) is 17.7 Å². The zero-order chi connectivity index (χ0) is 12.4. The van der Waals surface area contributed by atoms with Crippen LogP contribution in [-0.2, 0) is 14.4 Å². The van der Waals surface area contributed by atoms with E-state index >= 15 is 0 Å². The molecule has 0 aromatic carbocycles. The first kappa shape index (κ1) is 12.1. The lowest BCUT2D eigenvalue weighted by Crippen LogP contribution is -2.38. The normalized spacial score (nSPS) is 21.8. The van der Waals surface area contributed by atoms with Gasteiger partial charge in [-0.15, -0.1) is 0 Å². The molecule has 0 aromatic rings. The third kappa shape index (κ3) is 3.05. The standard InChI is InChI=1S/C12H18N2O3/c1-8(9-2-3-9)13-10(15)6-7-14-11(16)4-5-12(14)17/h8-9H,2-7H2,1H3,(H,13,15). The Hall–Kier alpha value is -1.39. The lowest BCUT2D eigenvalue weighted by atomic mass is 10.2. The van der Waals surface area contributed by atoms with Crippen molar-refractivity contribution in [2.75, 3.05) is 6.54 Å². The van der Waals surface area contributed by atoms with Crippen LogP contribution in [0.1, 0.15) is 39.0 Å². The summed E-state index contributed by atoms with van der Waals surface area (Å²) in [6.45, 7) is 2.22. The maximum atomic E-state index is 11.6. The monoisotopic (exact) mass is 238 g/mol. The highest BCUT2D eigenvalue weighted by molar-refractivity contribution is 6.02. The summed E-state index contributed by atoms with van der Waals surface area (Å²) in [7, 11) is 0. The predicted octanol–water partition coefficient (Wildman–Crippen LogP) is 0.440. The number of carbonyl (C=O) groups is 3. The molecule has 1 aliphatic carbocycles. The summed E-state index contributed by atoms with van der Waals surface area (Å²) >= 11 is 0. The third-order valence-electron chi connectivity index (χ3n) is 3.44. The zero-order valence-electron chi connectivity index (χ0n) is 10.1. The molecule has 1 aliphatic heterocycles. The van der Waals surface area contributed by atoms with Gasteiger partial charge in [0.05, 0.1) is 0 Å². The fourth-order valence-corrected chi connectivity index (χ4v) is 2.13. The number of imide groups is 1. The Bertz CT molecular complexity index is 334. The molecule has 1 N–H and O–H groups in total. The van der Waals surface area contributed by atoms with E-state index in [1.165, 1.54) is 17.7 Å². The molecule has 0 bridgehead atoms. The van der Waals surface area contributed by atoms with Gasteiger partial charge < -0.3 is 5.32 Å². The Kier molecular flexibility index (Phi) is 3.45. The maximum Gasteiger partial charge on any atom is 0.229 e. The molecule has 94 valence electrons. The van der Waals surface area contributed by atoms with Crippen molar-refractivity contribution in [1.29, 1.82) is 0 Å². The Morgan fingerprint density at radius 2 is 1.94 bits per heavy atom. The van der Waals surface area contributed by atoms with Gasteiger partial charge in [0, 0.05) is 31.8 Å². The van der Waals surface area contributed by atoms with Gasteiger partial charge in [0.1, 0.15) is 0 Å². The van der Waals surface area contributed by atoms with Crippen LogP contribution in [0.15, 0.2) is 0 Å². The van der Waals surface area contributed by atoms with Crippen molar-refractivity contribution < 1.29 is 14.4 Å². The molecule has 0 spiro atoms. The number of nitrogens with one attached hydrogen (secondary N) is 1. The molecule has 5 nitrogen and oxygen atoms in total. The number of hydrogen-bond acceptors (Lipinski definition) is 3. The lowest BCUT2D eigenvalue weighted by Gasteiger charge is -2.16. The van der Waals surface area contributed by atoms with E-state index in [0.717, 1.165) is 0 Å². The average molecular weight is 238 g/mol. The Labute approximate surface area is 101 Å². The van der Waals surface area contributed by atoms with Gasteiger partial charge in [-0.05, 0) is 25.7 Å². The number of nitrogens with zero attached hydrogens (tertiary/aromatic N) is 1. The number of rotatable bonds is 5. The number of hydrogen-bond donors (Lipinski definition) is 1. The molecule has 2 aliphatic rings. The van der Waals surface area contributed by atoms with Gasteiger partial charge in [-0.2, -0.15) is 0 Å². The second kappa shape index (κ2) is 4.85. The highest BCUT2D eigenvalue weighted by Crippen LogP contribution is 2.32. The van der Waals surface area contributed by atoms with E-state index in [9.17, 15) is 14.4 Å². The van der Waals surface area contributed by atoms with Crippen LogP contribution in [0.25, 0.3) is 0 Å². The van der Waals surface area contributed by atoms with Crippen molar-refractivity contribution in [3.05, 3.63) is 0 Å². The highest BCUT2D eigenvalue weighted by atomic mass is 16.2. The summed E-state index contributed by atoms with van der Waals surface area (Å²) in [4.78, 5) is 35.4. The molecule has 1 saturated heterocycles. The van der Waals surface area contributed by atoms with Crippen LogP contribution >= 0.6 is 0 Å². The minimum absolute atomic E-state index is 0.0723. The maximum absolute atomic E-state index is 11.6. The largest absolute Gasteiger partial charge is 0.353 e. The van der Waals surface area contributed by atoms with Crippen LogP contribution in [0.3, 0.4) is 0 Å². The topological polar surface area (TPSA) is 66.5 Å². The van der Waals surface area contributed by atoms with Crippen LogP contribution < -0.4 is 5.32 Å². The molecule has 1 saturated carbocycles. The van der Waals surface area contributed by atoms with Crippen LogP contribution in [0.4, 0.5) is 0 Å². The van der Waals surface area contributed by atoms with E-state index in [4.69, 9.17) is 0 Å². The second-order valence-corrected chi connectivity index (χ2v) is 4.88. The highest BCUT2D eigenvalue weighted by Gasteiger charge is 2.31. The molecule has 1 heterocycles. The van der Waals surface area contributed by atoms with E-state index in [-0.39, 0.29) is 36.7 Å². The van der Waals surface area contributed by atoms with Gasteiger partial charge >= 0.3 is 0 Å². The second-order valence-electron chi connectivity index (χ2n) is 4.88. The quantitative estimate of drug-likeness (QED) is 0.707. The molecular weight excluding hydrogens is 220 g/mol. The molecule has 5 heteroatoms. The number of carbonyl (C=O) groups excluding carboxylic acids is 3. The molecular formula is C12H18N2O3. The average Bonchev–Trinajstić information content (AvgIpc) is 3.06. The first-order valence-electron chi connectivity index (χ1n) is 6.20. The molecule has 2 fully saturated rings. The van der Waals surface area contributed by atoms with Crippen molar-refractivity contribution in [3.8, 4) is 0 Å². The molecule has 0 aromatic heterocycles. The minimum atomic E-state index is -0.155. The molecule has 0 radical (unpaired) electrons. The lowest BCUT2D eigenvalue weighted by molar-refractivity contribution is -0.138.